The lowest BCUT2D eigenvalue weighted by atomic mass is 9.88. The molecule has 5 rings (SSSR count). The number of fused-ring (bicyclic) bond motifs is 1. The molecule has 34 heavy (non-hydrogen) atoms. The van der Waals surface area contributed by atoms with Crippen LogP contribution in [0, 0.1) is 5.92 Å². The molecule has 0 aliphatic carbocycles. The third-order valence-electron chi connectivity index (χ3n) is 7.23. The quantitative estimate of drug-likeness (QED) is 0.589. The van der Waals surface area contributed by atoms with Gasteiger partial charge in [-0.2, -0.15) is 0 Å². The van der Waals surface area contributed by atoms with E-state index in [-0.39, 0.29) is 18.4 Å². The molecule has 0 aromatic heterocycles. The molecule has 2 saturated heterocycles. The number of urea groups is 1. The van der Waals surface area contributed by atoms with Crippen LogP contribution in [0.2, 0.25) is 0 Å². The van der Waals surface area contributed by atoms with Crippen molar-refractivity contribution in [3.8, 4) is 0 Å². The van der Waals surface area contributed by atoms with Crippen LogP contribution in [0.25, 0.3) is 10.8 Å². The van der Waals surface area contributed by atoms with E-state index < -0.39 is 11.6 Å². The van der Waals surface area contributed by atoms with Crippen molar-refractivity contribution < 1.29 is 14.4 Å². The van der Waals surface area contributed by atoms with Gasteiger partial charge in [-0.05, 0) is 54.0 Å². The smallest absolute Gasteiger partial charge is 0.325 e. The van der Waals surface area contributed by atoms with Crippen LogP contribution in [0.3, 0.4) is 0 Å². The second kappa shape index (κ2) is 8.93. The molecule has 6 heteroatoms. The van der Waals surface area contributed by atoms with Gasteiger partial charge in [0, 0.05) is 13.1 Å². The number of carbonyl (C=O) groups is 3. The summed E-state index contributed by atoms with van der Waals surface area (Å²) in [6.07, 6.45) is 2.86. The SMILES string of the molecule is C[C@@]1(c2cccc3ccccc23)NC(=O)N(CC(=O)N2CCC(Cc3ccccc3)CC2)C1=O. The lowest BCUT2D eigenvalue weighted by Crippen LogP contribution is -2.47. The van der Waals surface area contributed by atoms with Crippen molar-refractivity contribution in [3.05, 3.63) is 83.9 Å². The molecule has 0 spiro atoms. The number of nitrogens with zero attached hydrogens (tertiary/aromatic N) is 2. The lowest BCUT2D eigenvalue weighted by molar-refractivity contribution is -0.139. The van der Waals surface area contributed by atoms with Crippen LogP contribution in [0.4, 0.5) is 4.79 Å². The van der Waals surface area contributed by atoms with Crippen molar-refractivity contribution in [1.29, 1.82) is 0 Å². The van der Waals surface area contributed by atoms with Gasteiger partial charge in [-0.1, -0.05) is 72.8 Å². The van der Waals surface area contributed by atoms with Gasteiger partial charge < -0.3 is 10.2 Å². The van der Waals surface area contributed by atoms with E-state index in [0.29, 0.717) is 19.0 Å². The van der Waals surface area contributed by atoms with Crippen molar-refractivity contribution >= 4 is 28.6 Å². The van der Waals surface area contributed by atoms with Gasteiger partial charge in [-0.15, -0.1) is 0 Å². The molecule has 2 heterocycles. The summed E-state index contributed by atoms with van der Waals surface area (Å²) >= 11 is 0. The molecule has 4 amide bonds. The Morgan fingerprint density at radius 3 is 2.38 bits per heavy atom. The van der Waals surface area contributed by atoms with Crippen molar-refractivity contribution in [2.45, 2.75) is 31.7 Å². The zero-order valence-electron chi connectivity index (χ0n) is 19.4. The van der Waals surface area contributed by atoms with Crippen LogP contribution < -0.4 is 5.32 Å². The number of nitrogens with one attached hydrogen (secondary N) is 1. The molecule has 2 fully saturated rings. The first-order chi connectivity index (χ1) is 16.5. The highest BCUT2D eigenvalue weighted by Gasteiger charge is 2.50. The highest BCUT2D eigenvalue weighted by atomic mass is 16.2. The zero-order valence-corrected chi connectivity index (χ0v) is 19.4. The van der Waals surface area contributed by atoms with Gasteiger partial charge in [0.2, 0.25) is 5.91 Å². The summed E-state index contributed by atoms with van der Waals surface area (Å²) in [7, 11) is 0. The number of amides is 4. The molecule has 6 nitrogen and oxygen atoms in total. The van der Waals surface area contributed by atoms with Crippen molar-refractivity contribution in [2.75, 3.05) is 19.6 Å². The molecule has 0 bridgehead atoms. The molecule has 3 aromatic carbocycles. The summed E-state index contributed by atoms with van der Waals surface area (Å²) in [5.41, 5.74) is 0.848. The summed E-state index contributed by atoms with van der Waals surface area (Å²) in [4.78, 5) is 42.1. The van der Waals surface area contributed by atoms with Crippen LogP contribution >= 0.6 is 0 Å². The third kappa shape index (κ3) is 4.04. The van der Waals surface area contributed by atoms with Gasteiger partial charge >= 0.3 is 6.03 Å². The van der Waals surface area contributed by atoms with Gasteiger partial charge in [0.25, 0.3) is 5.91 Å². The molecule has 0 saturated carbocycles. The number of imide groups is 1. The number of rotatable bonds is 5. The van der Waals surface area contributed by atoms with Gasteiger partial charge in [0.05, 0.1) is 0 Å². The standard InChI is InChI=1S/C28H29N3O3/c1-28(24-13-7-11-22-10-5-6-12-23(22)24)26(33)31(27(34)29-28)19-25(32)30-16-14-21(15-17-30)18-20-8-3-2-4-9-20/h2-13,21H,14-19H2,1H3,(H,29,34)/t28-/m0/s1. The third-order valence-corrected chi connectivity index (χ3v) is 7.23. The Hall–Kier alpha value is -3.67. The molecular formula is C28H29N3O3. The van der Waals surface area contributed by atoms with E-state index in [1.54, 1.807) is 11.8 Å². The highest BCUT2D eigenvalue weighted by Crippen LogP contribution is 2.34. The number of hydrogen-bond acceptors (Lipinski definition) is 3. The monoisotopic (exact) mass is 455 g/mol. The predicted octanol–water partition coefficient (Wildman–Crippen LogP) is 4.09. The first kappa shape index (κ1) is 22.1. The summed E-state index contributed by atoms with van der Waals surface area (Å²) in [5, 5.41) is 4.76. The van der Waals surface area contributed by atoms with Crippen LogP contribution in [0.15, 0.2) is 72.8 Å². The van der Waals surface area contributed by atoms with E-state index >= 15 is 0 Å². The lowest BCUT2D eigenvalue weighted by Gasteiger charge is -2.33. The number of likely N-dealkylation sites (tertiary alicyclic amines) is 1. The fraction of sp³-hybridized carbons (Fsp3) is 0.321. The first-order valence-electron chi connectivity index (χ1n) is 11.9. The van der Waals surface area contributed by atoms with Gasteiger partial charge in [-0.25, -0.2) is 4.79 Å². The number of benzene rings is 3. The molecule has 0 unspecified atom stereocenters. The van der Waals surface area contributed by atoms with E-state index in [9.17, 15) is 14.4 Å². The largest absolute Gasteiger partial charge is 0.341 e. The Kier molecular flexibility index (Phi) is 5.82. The predicted molar refractivity (Wildman–Crippen MR) is 131 cm³/mol. The Morgan fingerprint density at radius 2 is 1.62 bits per heavy atom. The maximum absolute atomic E-state index is 13.4. The van der Waals surface area contributed by atoms with Crippen LogP contribution in [0.5, 0.6) is 0 Å². The maximum Gasteiger partial charge on any atom is 0.325 e. The van der Waals surface area contributed by atoms with Crippen LogP contribution in [-0.2, 0) is 21.5 Å². The summed E-state index contributed by atoms with van der Waals surface area (Å²) in [6, 6.07) is 23.4. The van der Waals surface area contributed by atoms with Crippen molar-refractivity contribution in [2.24, 2.45) is 5.92 Å². The number of carbonyl (C=O) groups excluding carboxylic acids is 3. The van der Waals surface area contributed by atoms with E-state index in [1.807, 2.05) is 48.5 Å². The minimum atomic E-state index is -1.21. The number of piperidine rings is 1. The van der Waals surface area contributed by atoms with Crippen molar-refractivity contribution in [3.63, 3.8) is 0 Å². The Bertz CT molecular complexity index is 1230. The summed E-state index contributed by atoms with van der Waals surface area (Å²) in [5.74, 6) is -0.0252. The maximum atomic E-state index is 13.4. The zero-order chi connectivity index (χ0) is 23.7. The molecule has 0 radical (unpaired) electrons. The molecule has 2 aliphatic rings. The highest BCUT2D eigenvalue weighted by molar-refractivity contribution is 6.10. The van der Waals surface area contributed by atoms with Crippen LogP contribution in [-0.4, -0.2) is 47.3 Å². The second-order valence-corrected chi connectivity index (χ2v) is 9.49. The van der Waals surface area contributed by atoms with Crippen LogP contribution in [0.1, 0.15) is 30.9 Å². The molecule has 1 atom stereocenters. The van der Waals surface area contributed by atoms with Gasteiger partial charge in [0.1, 0.15) is 12.1 Å². The molecule has 1 N–H and O–H groups in total. The van der Waals surface area contributed by atoms with E-state index in [4.69, 9.17) is 0 Å². The van der Waals surface area contributed by atoms with Gasteiger partial charge in [0.15, 0.2) is 0 Å². The first-order valence-corrected chi connectivity index (χ1v) is 11.9. The minimum absolute atomic E-state index is 0.177. The summed E-state index contributed by atoms with van der Waals surface area (Å²) < 4.78 is 0. The fourth-order valence-corrected chi connectivity index (χ4v) is 5.25. The van der Waals surface area contributed by atoms with Crippen molar-refractivity contribution in [1.82, 2.24) is 15.1 Å². The minimum Gasteiger partial charge on any atom is -0.341 e. The topological polar surface area (TPSA) is 69.7 Å². The van der Waals surface area contributed by atoms with Gasteiger partial charge in [-0.3, -0.25) is 14.5 Å². The molecular weight excluding hydrogens is 426 g/mol. The van der Waals surface area contributed by atoms with E-state index in [1.165, 1.54) is 5.56 Å². The average Bonchev–Trinajstić information content (AvgIpc) is 3.08. The Labute approximate surface area is 199 Å². The molecule has 2 aliphatic heterocycles. The second-order valence-electron chi connectivity index (χ2n) is 9.49. The summed E-state index contributed by atoms with van der Waals surface area (Å²) in [6.45, 7) is 2.80. The van der Waals surface area contributed by atoms with E-state index in [2.05, 4.69) is 29.6 Å². The van der Waals surface area contributed by atoms with E-state index in [0.717, 1.165) is 40.5 Å². The Balaban J connectivity index is 1.25. The average molecular weight is 456 g/mol. The number of hydrogen-bond donors (Lipinski definition) is 1. The Morgan fingerprint density at radius 1 is 0.941 bits per heavy atom. The molecule has 3 aromatic rings. The molecule has 174 valence electrons. The fourth-order valence-electron chi connectivity index (χ4n) is 5.25. The normalized spacial score (nSPS) is 21.2.